The average Bonchev–Trinajstić information content (AvgIpc) is 3.13. The molecule has 5 heteroatoms. The van der Waals surface area contributed by atoms with Crippen LogP contribution in [0.15, 0.2) is 12.3 Å². The zero-order valence-electron chi connectivity index (χ0n) is 20.4. The van der Waals surface area contributed by atoms with Crippen LogP contribution in [0, 0.1) is 6.92 Å². The number of unbranched alkanes of at least 4 members (excludes halogenated alkanes) is 1. The number of ketones is 1. The third-order valence-corrected chi connectivity index (χ3v) is 5.64. The van der Waals surface area contributed by atoms with E-state index < -0.39 is 0 Å². The van der Waals surface area contributed by atoms with Gasteiger partial charge in [-0.3, -0.25) is 4.98 Å². The van der Waals surface area contributed by atoms with Gasteiger partial charge in [0.1, 0.15) is 5.78 Å². The van der Waals surface area contributed by atoms with Crippen molar-refractivity contribution in [2.24, 2.45) is 0 Å². The molecule has 2 aliphatic heterocycles. The Morgan fingerprint density at radius 1 is 1.20 bits per heavy atom. The molecular weight excluding hydrogens is 374 g/mol. The highest BCUT2D eigenvalue weighted by atomic mass is 16.5. The molecule has 0 radical (unpaired) electrons. The molecule has 0 aliphatic carbocycles. The Morgan fingerprint density at radius 2 is 1.93 bits per heavy atom. The van der Waals surface area contributed by atoms with Crippen molar-refractivity contribution < 1.29 is 9.53 Å². The molecule has 2 aliphatic rings. The summed E-state index contributed by atoms with van der Waals surface area (Å²) in [4.78, 5) is 17.0. The Bertz CT molecular complexity index is 610. The van der Waals surface area contributed by atoms with Gasteiger partial charge in [0.15, 0.2) is 0 Å². The van der Waals surface area contributed by atoms with E-state index in [1.54, 1.807) is 6.92 Å². The van der Waals surface area contributed by atoms with Crippen LogP contribution in [0.4, 0.5) is 5.69 Å². The number of rotatable bonds is 6. The number of hydrogen-bond acceptors (Lipinski definition) is 5. The van der Waals surface area contributed by atoms with E-state index in [0.29, 0.717) is 0 Å². The van der Waals surface area contributed by atoms with Gasteiger partial charge in [-0.25, -0.2) is 0 Å². The van der Waals surface area contributed by atoms with E-state index in [9.17, 15) is 4.79 Å². The first-order valence-electron chi connectivity index (χ1n) is 12.0. The normalized spacial score (nSPS) is 20.3. The molecule has 2 saturated heterocycles. The maximum Gasteiger partial charge on any atom is 0.129 e. The maximum atomic E-state index is 10.0. The second kappa shape index (κ2) is 14.5. The average molecular weight is 420 g/mol. The van der Waals surface area contributed by atoms with E-state index in [1.165, 1.54) is 29.8 Å². The van der Waals surface area contributed by atoms with Crippen LogP contribution in [0.3, 0.4) is 0 Å². The predicted octanol–water partition coefficient (Wildman–Crippen LogP) is 5.09. The van der Waals surface area contributed by atoms with Crippen LogP contribution in [0.2, 0.25) is 0 Å². The highest BCUT2D eigenvalue weighted by Gasteiger charge is 2.41. The number of carbonyl (C=O) groups is 1. The van der Waals surface area contributed by atoms with E-state index in [2.05, 4.69) is 49.0 Å². The summed E-state index contributed by atoms with van der Waals surface area (Å²) in [7, 11) is 0. The quantitative estimate of drug-likeness (QED) is 0.696. The third kappa shape index (κ3) is 8.73. The van der Waals surface area contributed by atoms with E-state index >= 15 is 0 Å². The van der Waals surface area contributed by atoms with Gasteiger partial charge in [-0.1, -0.05) is 47.0 Å². The molecular formula is C25H45N3O2. The van der Waals surface area contributed by atoms with Crippen LogP contribution in [0.1, 0.15) is 84.4 Å². The predicted molar refractivity (Wildman–Crippen MR) is 128 cm³/mol. The Kier molecular flexibility index (Phi) is 12.9. The van der Waals surface area contributed by atoms with Crippen molar-refractivity contribution in [3.63, 3.8) is 0 Å². The molecule has 1 aromatic heterocycles. The Morgan fingerprint density at radius 3 is 2.43 bits per heavy atom. The summed E-state index contributed by atoms with van der Waals surface area (Å²) in [6.07, 6.45) is 9.69. The first-order chi connectivity index (χ1) is 14.4. The second-order valence-electron chi connectivity index (χ2n) is 8.48. The summed E-state index contributed by atoms with van der Waals surface area (Å²) in [5.41, 5.74) is 3.98. The number of aromatic nitrogens is 1. The van der Waals surface area contributed by atoms with Crippen LogP contribution in [-0.2, 0) is 16.0 Å². The van der Waals surface area contributed by atoms with Crippen molar-refractivity contribution in [2.45, 2.75) is 92.1 Å². The monoisotopic (exact) mass is 419 g/mol. The molecule has 0 aromatic carbocycles. The minimum absolute atomic E-state index is 0.0267. The van der Waals surface area contributed by atoms with E-state index in [4.69, 9.17) is 4.74 Å². The highest BCUT2D eigenvalue weighted by molar-refractivity contribution is 5.75. The lowest BCUT2D eigenvalue weighted by Crippen LogP contribution is -2.51. The van der Waals surface area contributed by atoms with Gasteiger partial charge in [-0.2, -0.15) is 0 Å². The Hall–Kier alpha value is -1.46. The van der Waals surface area contributed by atoms with E-state index in [1.807, 2.05) is 13.1 Å². The first-order valence-corrected chi connectivity index (χ1v) is 12.0. The summed E-state index contributed by atoms with van der Waals surface area (Å²) in [6.45, 7) is 17.2. The Balaban J connectivity index is 0.000000379. The molecule has 0 saturated carbocycles. The zero-order valence-corrected chi connectivity index (χ0v) is 20.4. The fourth-order valence-electron chi connectivity index (χ4n) is 3.81. The van der Waals surface area contributed by atoms with Crippen molar-refractivity contribution in [2.75, 3.05) is 37.7 Å². The van der Waals surface area contributed by atoms with E-state index in [0.717, 1.165) is 64.9 Å². The van der Waals surface area contributed by atoms with Crippen LogP contribution < -0.4 is 10.2 Å². The van der Waals surface area contributed by atoms with Crippen LogP contribution >= 0.6 is 0 Å². The van der Waals surface area contributed by atoms with Crippen molar-refractivity contribution in [3.05, 3.63) is 23.5 Å². The topological polar surface area (TPSA) is 54.5 Å². The summed E-state index contributed by atoms with van der Waals surface area (Å²) >= 11 is 0. The van der Waals surface area contributed by atoms with Crippen LogP contribution in [0.5, 0.6) is 0 Å². The second-order valence-corrected chi connectivity index (χ2v) is 8.48. The van der Waals surface area contributed by atoms with Gasteiger partial charge in [0.25, 0.3) is 0 Å². The lowest BCUT2D eigenvalue weighted by Gasteiger charge is -2.34. The summed E-state index contributed by atoms with van der Waals surface area (Å²) < 4.78 is 6.09. The summed E-state index contributed by atoms with van der Waals surface area (Å²) in [5.74, 6) is 0.289. The number of hydrogen-bond donors (Lipinski definition) is 1. The van der Waals surface area contributed by atoms with Gasteiger partial charge in [0.05, 0.1) is 12.2 Å². The molecule has 3 rings (SSSR count). The Labute approximate surface area is 185 Å². The molecule has 2 fully saturated rings. The number of pyridine rings is 1. The van der Waals surface area contributed by atoms with Gasteiger partial charge >= 0.3 is 0 Å². The zero-order chi connectivity index (χ0) is 22.4. The molecule has 5 nitrogen and oxygen atoms in total. The number of anilines is 1. The minimum atomic E-state index is 0.0267. The third-order valence-electron chi connectivity index (χ3n) is 5.64. The maximum absolute atomic E-state index is 10.0. The first kappa shape index (κ1) is 26.6. The number of nitrogens with one attached hydrogen (secondary N) is 1. The van der Waals surface area contributed by atoms with Crippen molar-refractivity contribution in [1.29, 1.82) is 0 Å². The smallest absolute Gasteiger partial charge is 0.129 e. The number of ether oxygens (including phenoxy) is 1. The van der Waals surface area contributed by atoms with Gasteiger partial charge in [0.2, 0.25) is 0 Å². The molecule has 30 heavy (non-hydrogen) atoms. The molecule has 0 amide bonds. The van der Waals surface area contributed by atoms with Gasteiger partial charge < -0.3 is 19.7 Å². The molecule has 1 N–H and O–H groups in total. The number of Topliss-reactive ketones (excluding diaryl/α,β-unsaturated/α-hetero) is 1. The van der Waals surface area contributed by atoms with Crippen molar-refractivity contribution >= 4 is 11.5 Å². The standard InChI is InChI=1S/C16H25N3O.C5H10O.C4H10/c1-3-4-14-13(2)18-7-5-15(14)19-9-6-16(12-19)11-17-8-10-20-16;1-3-4-5(2)6;1-3-4-2/h5,7,17H,3-4,6,8-12H2,1-2H3;3-4H2,1-2H3;3-4H2,1-2H3. The van der Waals surface area contributed by atoms with Crippen LogP contribution in [-0.4, -0.2) is 49.2 Å². The molecule has 1 atom stereocenters. The van der Waals surface area contributed by atoms with Crippen molar-refractivity contribution in [3.8, 4) is 0 Å². The molecule has 1 aromatic rings. The number of morpholine rings is 1. The lowest BCUT2D eigenvalue weighted by molar-refractivity contribution is -0.117. The van der Waals surface area contributed by atoms with Crippen LogP contribution in [0.25, 0.3) is 0 Å². The fourth-order valence-corrected chi connectivity index (χ4v) is 3.81. The molecule has 1 spiro atoms. The molecule has 0 bridgehead atoms. The van der Waals surface area contributed by atoms with Crippen molar-refractivity contribution in [1.82, 2.24) is 10.3 Å². The van der Waals surface area contributed by atoms with Gasteiger partial charge in [-0.05, 0) is 44.7 Å². The van der Waals surface area contributed by atoms with E-state index in [-0.39, 0.29) is 11.4 Å². The lowest BCUT2D eigenvalue weighted by atomic mass is 10.0. The number of carbonyl (C=O) groups excluding carboxylic acids is 1. The molecule has 172 valence electrons. The van der Waals surface area contributed by atoms with Gasteiger partial charge in [-0.15, -0.1) is 0 Å². The number of aryl methyl sites for hydroxylation is 1. The summed E-state index contributed by atoms with van der Waals surface area (Å²) in [5, 5.41) is 3.48. The number of nitrogens with zero attached hydrogens (tertiary/aromatic N) is 2. The fraction of sp³-hybridized carbons (Fsp3) is 0.760. The summed E-state index contributed by atoms with van der Waals surface area (Å²) in [6, 6.07) is 2.17. The molecule has 3 heterocycles. The van der Waals surface area contributed by atoms with Gasteiger partial charge in [0, 0.05) is 50.2 Å². The largest absolute Gasteiger partial charge is 0.370 e. The molecule has 1 unspecified atom stereocenters. The SMILES string of the molecule is CCCC.CCCC(C)=O.CCCc1c(N2CCC3(CNCCO3)C2)ccnc1C. The minimum Gasteiger partial charge on any atom is -0.370 e. The highest BCUT2D eigenvalue weighted by Crippen LogP contribution is 2.33.